The Kier molecular flexibility index (Phi) is 3.68. The molecule has 0 radical (unpaired) electrons. The molecule has 0 saturated heterocycles. The van der Waals surface area contributed by atoms with Gasteiger partial charge in [-0.2, -0.15) is 0 Å². The third kappa shape index (κ3) is 3.08. The molecule has 1 aliphatic heterocycles. The first-order valence-electron chi connectivity index (χ1n) is 7.46. The lowest BCUT2D eigenvalue weighted by atomic mass is 9.89. The van der Waals surface area contributed by atoms with Crippen LogP contribution in [0, 0.1) is 6.92 Å². The Balaban J connectivity index is 1.80. The van der Waals surface area contributed by atoms with Gasteiger partial charge >= 0.3 is 0 Å². The molecular formula is C18H22N2O. The smallest absolute Gasteiger partial charge is 0.124 e. The van der Waals surface area contributed by atoms with Crippen molar-refractivity contribution in [3.05, 3.63) is 59.4 Å². The van der Waals surface area contributed by atoms with Gasteiger partial charge in [-0.05, 0) is 44.0 Å². The van der Waals surface area contributed by atoms with Gasteiger partial charge in [0.05, 0.1) is 0 Å². The number of nitrogens with zero attached hydrogens (tertiary/aromatic N) is 1. The summed E-state index contributed by atoms with van der Waals surface area (Å²) >= 11 is 0. The fraction of sp³-hybridized carbons (Fsp3) is 0.389. The van der Waals surface area contributed by atoms with Gasteiger partial charge in [0.2, 0.25) is 0 Å². The highest BCUT2D eigenvalue weighted by molar-refractivity contribution is 5.38. The second-order valence-corrected chi connectivity index (χ2v) is 6.34. The fourth-order valence-corrected chi connectivity index (χ4v) is 2.92. The highest BCUT2D eigenvalue weighted by atomic mass is 16.5. The number of aryl methyl sites for hydroxylation is 1. The largest absolute Gasteiger partial charge is 0.487 e. The molecule has 1 aliphatic rings. The Bertz CT molecular complexity index is 637. The predicted molar refractivity (Wildman–Crippen MR) is 84.3 cm³/mol. The minimum absolute atomic E-state index is 0.140. The fourth-order valence-electron chi connectivity index (χ4n) is 2.92. The number of para-hydroxylation sites is 1. The maximum atomic E-state index is 6.08. The van der Waals surface area contributed by atoms with E-state index in [-0.39, 0.29) is 5.60 Å². The van der Waals surface area contributed by atoms with E-state index >= 15 is 0 Å². The molecule has 1 aromatic carbocycles. The lowest BCUT2D eigenvalue weighted by molar-refractivity contribution is 0.0657. The highest BCUT2D eigenvalue weighted by Crippen LogP contribution is 2.39. The standard InChI is InChI=1S/C18H22N2O/c1-13-11-19-9-8-14(13)12-20-16-10-18(2,3)21-17-7-5-4-6-15(16)17/h4-9,11,16,20H,10,12H2,1-3H3. The van der Waals surface area contributed by atoms with Gasteiger partial charge in [-0.1, -0.05) is 18.2 Å². The van der Waals surface area contributed by atoms with Crippen LogP contribution in [-0.2, 0) is 6.54 Å². The lowest BCUT2D eigenvalue weighted by Gasteiger charge is -2.38. The zero-order valence-electron chi connectivity index (χ0n) is 12.9. The van der Waals surface area contributed by atoms with E-state index in [0.717, 1.165) is 18.7 Å². The number of hydrogen-bond donors (Lipinski definition) is 1. The topological polar surface area (TPSA) is 34.2 Å². The van der Waals surface area contributed by atoms with Gasteiger partial charge in [-0.15, -0.1) is 0 Å². The maximum Gasteiger partial charge on any atom is 0.124 e. The van der Waals surface area contributed by atoms with E-state index in [1.807, 2.05) is 18.5 Å². The number of pyridine rings is 1. The van der Waals surface area contributed by atoms with Gasteiger partial charge < -0.3 is 10.1 Å². The highest BCUT2D eigenvalue weighted by Gasteiger charge is 2.33. The van der Waals surface area contributed by atoms with Crippen LogP contribution in [0.4, 0.5) is 0 Å². The molecule has 1 aromatic heterocycles. The quantitative estimate of drug-likeness (QED) is 0.930. The van der Waals surface area contributed by atoms with Crippen LogP contribution < -0.4 is 10.1 Å². The summed E-state index contributed by atoms with van der Waals surface area (Å²) in [6, 6.07) is 10.7. The molecule has 1 atom stereocenters. The zero-order chi connectivity index (χ0) is 14.9. The van der Waals surface area contributed by atoms with Crippen molar-refractivity contribution in [2.45, 2.75) is 45.4 Å². The molecule has 0 saturated carbocycles. The van der Waals surface area contributed by atoms with Crippen LogP contribution in [-0.4, -0.2) is 10.6 Å². The van der Waals surface area contributed by atoms with Crippen molar-refractivity contribution in [2.75, 3.05) is 0 Å². The molecule has 0 spiro atoms. The first kappa shape index (κ1) is 14.1. The Hall–Kier alpha value is -1.87. The summed E-state index contributed by atoms with van der Waals surface area (Å²) in [4.78, 5) is 4.15. The molecule has 0 bridgehead atoms. The third-order valence-corrected chi connectivity index (χ3v) is 4.05. The molecular weight excluding hydrogens is 260 g/mol. The van der Waals surface area contributed by atoms with Crippen LogP contribution in [0.1, 0.15) is 43.0 Å². The van der Waals surface area contributed by atoms with E-state index in [0.29, 0.717) is 6.04 Å². The number of benzene rings is 1. The van der Waals surface area contributed by atoms with Crippen LogP contribution in [0.2, 0.25) is 0 Å². The molecule has 3 heteroatoms. The summed E-state index contributed by atoms with van der Waals surface area (Å²) in [7, 11) is 0. The summed E-state index contributed by atoms with van der Waals surface area (Å²) < 4.78 is 6.08. The van der Waals surface area contributed by atoms with Gasteiger partial charge in [-0.25, -0.2) is 0 Å². The van der Waals surface area contributed by atoms with Crippen molar-refractivity contribution in [3.63, 3.8) is 0 Å². The molecule has 3 nitrogen and oxygen atoms in total. The molecule has 1 N–H and O–H groups in total. The molecule has 1 unspecified atom stereocenters. The minimum Gasteiger partial charge on any atom is -0.487 e. The minimum atomic E-state index is -0.140. The number of fused-ring (bicyclic) bond motifs is 1. The van der Waals surface area contributed by atoms with E-state index in [4.69, 9.17) is 4.74 Å². The summed E-state index contributed by atoms with van der Waals surface area (Å²) in [5.74, 6) is 0.998. The molecule has 21 heavy (non-hydrogen) atoms. The molecule has 3 rings (SSSR count). The van der Waals surface area contributed by atoms with Crippen molar-refractivity contribution in [1.29, 1.82) is 0 Å². The SMILES string of the molecule is Cc1cnccc1CNC1CC(C)(C)Oc2ccccc21. The molecule has 0 amide bonds. The molecule has 2 aromatic rings. The normalized spacial score (nSPS) is 19.7. The summed E-state index contributed by atoms with van der Waals surface area (Å²) in [5, 5.41) is 3.68. The van der Waals surface area contributed by atoms with Crippen LogP contribution in [0.5, 0.6) is 5.75 Å². The Labute approximate surface area is 126 Å². The molecule has 110 valence electrons. The Morgan fingerprint density at radius 2 is 2.10 bits per heavy atom. The predicted octanol–water partition coefficient (Wildman–Crippen LogP) is 3.78. The number of ether oxygens (including phenoxy) is 1. The lowest BCUT2D eigenvalue weighted by Crippen LogP contribution is -2.39. The van der Waals surface area contributed by atoms with Crippen molar-refractivity contribution in [1.82, 2.24) is 10.3 Å². The number of rotatable bonds is 3. The number of nitrogens with one attached hydrogen (secondary N) is 1. The van der Waals surface area contributed by atoms with Crippen molar-refractivity contribution >= 4 is 0 Å². The van der Waals surface area contributed by atoms with Crippen molar-refractivity contribution in [2.24, 2.45) is 0 Å². The number of hydrogen-bond acceptors (Lipinski definition) is 3. The van der Waals surface area contributed by atoms with Crippen LogP contribution in [0.3, 0.4) is 0 Å². The van der Waals surface area contributed by atoms with Gasteiger partial charge in [-0.3, -0.25) is 4.98 Å². The van der Waals surface area contributed by atoms with E-state index in [1.54, 1.807) is 0 Å². The van der Waals surface area contributed by atoms with Crippen LogP contribution >= 0.6 is 0 Å². The molecule has 0 fully saturated rings. The summed E-state index contributed by atoms with van der Waals surface area (Å²) in [5.41, 5.74) is 3.64. The number of aromatic nitrogens is 1. The summed E-state index contributed by atoms with van der Waals surface area (Å²) in [6.45, 7) is 7.25. The van der Waals surface area contributed by atoms with Gasteiger partial charge in [0.1, 0.15) is 11.4 Å². The monoisotopic (exact) mass is 282 g/mol. The Morgan fingerprint density at radius 3 is 2.90 bits per heavy atom. The van der Waals surface area contributed by atoms with Crippen molar-refractivity contribution in [3.8, 4) is 5.75 Å². The first-order chi connectivity index (χ1) is 10.1. The maximum absolute atomic E-state index is 6.08. The molecule has 2 heterocycles. The summed E-state index contributed by atoms with van der Waals surface area (Å²) in [6.07, 6.45) is 4.74. The van der Waals surface area contributed by atoms with E-state index in [2.05, 4.69) is 55.3 Å². The van der Waals surface area contributed by atoms with E-state index in [1.165, 1.54) is 16.7 Å². The Morgan fingerprint density at radius 1 is 1.29 bits per heavy atom. The second kappa shape index (κ2) is 5.49. The van der Waals surface area contributed by atoms with E-state index in [9.17, 15) is 0 Å². The third-order valence-electron chi connectivity index (χ3n) is 4.05. The molecule has 0 aliphatic carbocycles. The van der Waals surface area contributed by atoms with Crippen molar-refractivity contribution < 1.29 is 4.74 Å². The van der Waals surface area contributed by atoms with E-state index < -0.39 is 0 Å². The second-order valence-electron chi connectivity index (χ2n) is 6.34. The van der Waals surface area contributed by atoms with Gasteiger partial charge in [0, 0.05) is 37.0 Å². The average Bonchev–Trinajstić information content (AvgIpc) is 2.45. The van der Waals surface area contributed by atoms with Crippen LogP contribution in [0.25, 0.3) is 0 Å². The van der Waals surface area contributed by atoms with Gasteiger partial charge in [0.15, 0.2) is 0 Å². The van der Waals surface area contributed by atoms with Gasteiger partial charge in [0.25, 0.3) is 0 Å². The van der Waals surface area contributed by atoms with Crippen LogP contribution in [0.15, 0.2) is 42.7 Å². The first-order valence-corrected chi connectivity index (χ1v) is 7.46. The average molecular weight is 282 g/mol. The zero-order valence-corrected chi connectivity index (χ0v) is 12.9.